The standard InChI is InChI=1S/C11H16N2/c12-11(13-8-4-5-9-13)10-6-2-1-3-7-10/h1-3,6-7,11H,4-5,8-9,12H2. The second-order valence-corrected chi connectivity index (χ2v) is 3.60. The molecule has 0 aliphatic carbocycles. The average Bonchev–Trinajstić information content (AvgIpc) is 2.71. The molecule has 1 aliphatic heterocycles. The summed E-state index contributed by atoms with van der Waals surface area (Å²) in [6.07, 6.45) is 2.69. The van der Waals surface area contributed by atoms with Crippen molar-refractivity contribution < 1.29 is 0 Å². The molecule has 0 spiro atoms. The quantitative estimate of drug-likeness (QED) is 0.743. The minimum Gasteiger partial charge on any atom is -0.312 e. The number of likely N-dealkylation sites (tertiary alicyclic amines) is 1. The minimum absolute atomic E-state index is 0.101. The third-order valence-corrected chi connectivity index (χ3v) is 2.68. The molecule has 2 N–H and O–H groups in total. The van der Waals surface area contributed by atoms with E-state index in [1.165, 1.54) is 18.4 Å². The van der Waals surface area contributed by atoms with Crippen LogP contribution in [0.4, 0.5) is 0 Å². The monoisotopic (exact) mass is 176 g/mol. The van der Waals surface area contributed by atoms with Crippen molar-refractivity contribution in [2.45, 2.75) is 19.0 Å². The molecule has 0 aromatic heterocycles. The molecule has 1 unspecified atom stereocenters. The lowest BCUT2D eigenvalue weighted by Gasteiger charge is -2.23. The molecule has 0 bridgehead atoms. The molecule has 0 amide bonds. The molecule has 1 aliphatic rings. The highest BCUT2D eigenvalue weighted by molar-refractivity contribution is 5.18. The van der Waals surface area contributed by atoms with Gasteiger partial charge in [-0.15, -0.1) is 0 Å². The summed E-state index contributed by atoms with van der Waals surface area (Å²) in [5, 5.41) is 0. The highest BCUT2D eigenvalue weighted by Gasteiger charge is 2.18. The van der Waals surface area contributed by atoms with Crippen molar-refractivity contribution in [3.8, 4) is 0 Å². The van der Waals surface area contributed by atoms with Crippen molar-refractivity contribution in [2.75, 3.05) is 13.1 Å². The van der Waals surface area contributed by atoms with E-state index < -0.39 is 0 Å². The molecule has 2 nitrogen and oxygen atoms in total. The lowest BCUT2D eigenvalue weighted by molar-refractivity contribution is 0.251. The van der Waals surface area contributed by atoms with Gasteiger partial charge in [-0.3, -0.25) is 4.90 Å². The zero-order chi connectivity index (χ0) is 9.10. The van der Waals surface area contributed by atoms with Crippen molar-refractivity contribution in [3.63, 3.8) is 0 Å². The molecule has 0 radical (unpaired) electrons. The van der Waals surface area contributed by atoms with Crippen LogP contribution in [0.3, 0.4) is 0 Å². The Morgan fingerprint density at radius 2 is 1.69 bits per heavy atom. The summed E-state index contributed by atoms with van der Waals surface area (Å²) in [5.41, 5.74) is 7.35. The highest BCUT2D eigenvalue weighted by atomic mass is 15.2. The van der Waals surface area contributed by atoms with Gasteiger partial charge in [0.1, 0.15) is 0 Å². The Kier molecular flexibility index (Phi) is 2.62. The predicted octanol–water partition coefficient (Wildman–Crippen LogP) is 1.74. The summed E-state index contributed by atoms with van der Waals surface area (Å²) in [4.78, 5) is 2.34. The normalized spacial score (nSPS) is 20.4. The van der Waals surface area contributed by atoms with Crippen LogP contribution in [0.15, 0.2) is 30.3 Å². The maximum absolute atomic E-state index is 6.13. The van der Waals surface area contributed by atoms with E-state index in [1.54, 1.807) is 0 Å². The topological polar surface area (TPSA) is 29.3 Å². The van der Waals surface area contributed by atoms with Gasteiger partial charge in [-0.2, -0.15) is 0 Å². The zero-order valence-corrected chi connectivity index (χ0v) is 7.82. The average molecular weight is 176 g/mol. The first-order chi connectivity index (χ1) is 6.38. The molecule has 0 saturated carbocycles. The van der Waals surface area contributed by atoms with Gasteiger partial charge in [0, 0.05) is 0 Å². The first-order valence-corrected chi connectivity index (χ1v) is 4.92. The summed E-state index contributed by atoms with van der Waals surface area (Å²) in [7, 11) is 0. The zero-order valence-electron chi connectivity index (χ0n) is 7.82. The van der Waals surface area contributed by atoms with E-state index in [0.29, 0.717) is 0 Å². The van der Waals surface area contributed by atoms with Crippen LogP contribution in [-0.2, 0) is 0 Å². The number of nitrogens with zero attached hydrogens (tertiary/aromatic N) is 1. The maximum Gasteiger partial charge on any atom is 0.0835 e. The van der Waals surface area contributed by atoms with Gasteiger partial charge >= 0.3 is 0 Å². The lowest BCUT2D eigenvalue weighted by atomic mass is 10.1. The van der Waals surface area contributed by atoms with E-state index in [-0.39, 0.29) is 6.17 Å². The molecular weight excluding hydrogens is 160 g/mol. The van der Waals surface area contributed by atoms with E-state index >= 15 is 0 Å². The summed E-state index contributed by atoms with van der Waals surface area (Å²) < 4.78 is 0. The van der Waals surface area contributed by atoms with Gasteiger partial charge in [0.25, 0.3) is 0 Å². The fraction of sp³-hybridized carbons (Fsp3) is 0.455. The summed E-state index contributed by atoms with van der Waals surface area (Å²) in [6.45, 7) is 2.30. The second-order valence-electron chi connectivity index (χ2n) is 3.60. The molecular formula is C11H16N2. The van der Waals surface area contributed by atoms with Gasteiger partial charge in [0.05, 0.1) is 6.17 Å². The van der Waals surface area contributed by atoms with E-state index in [0.717, 1.165) is 13.1 Å². The van der Waals surface area contributed by atoms with Crippen LogP contribution in [-0.4, -0.2) is 18.0 Å². The Morgan fingerprint density at radius 3 is 2.31 bits per heavy atom. The molecule has 1 fully saturated rings. The van der Waals surface area contributed by atoms with Gasteiger partial charge < -0.3 is 5.73 Å². The third-order valence-electron chi connectivity index (χ3n) is 2.68. The molecule has 1 heterocycles. The van der Waals surface area contributed by atoms with Gasteiger partial charge in [-0.05, 0) is 31.5 Å². The van der Waals surface area contributed by atoms with Gasteiger partial charge in [-0.25, -0.2) is 0 Å². The lowest BCUT2D eigenvalue weighted by Crippen LogP contribution is -2.31. The highest BCUT2D eigenvalue weighted by Crippen LogP contribution is 2.19. The van der Waals surface area contributed by atoms with Crippen LogP contribution in [0.25, 0.3) is 0 Å². The number of hydrogen-bond donors (Lipinski definition) is 1. The number of hydrogen-bond acceptors (Lipinski definition) is 2. The van der Waals surface area contributed by atoms with Crippen molar-refractivity contribution in [2.24, 2.45) is 5.73 Å². The summed E-state index contributed by atoms with van der Waals surface area (Å²) in [5.74, 6) is 0. The minimum atomic E-state index is 0.101. The van der Waals surface area contributed by atoms with Crippen LogP contribution in [0.1, 0.15) is 24.6 Å². The van der Waals surface area contributed by atoms with Crippen molar-refractivity contribution in [1.29, 1.82) is 0 Å². The van der Waals surface area contributed by atoms with Crippen LogP contribution < -0.4 is 5.73 Å². The fourth-order valence-corrected chi connectivity index (χ4v) is 1.88. The van der Waals surface area contributed by atoms with E-state index in [9.17, 15) is 0 Å². The van der Waals surface area contributed by atoms with Crippen molar-refractivity contribution in [1.82, 2.24) is 4.90 Å². The molecule has 1 saturated heterocycles. The van der Waals surface area contributed by atoms with Crippen LogP contribution in [0.5, 0.6) is 0 Å². The Morgan fingerprint density at radius 1 is 1.08 bits per heavy atom. The molecule has 70 valence electrons. The maximum atomic E-state index is 6.13. The van der Waals surface area contributed by atoms with E-state index in [4.69, 9.17) is 5.73 Å². The molecule has 13 heavy (non-hydrogen) atoms. The smallest absolute Gasteiger partial charge is 0.0835 e. The van der Waals surface area contributed by atoms with E-state index in [2.05, 4.69) is 17.0 Å². The SMILES string of the molecule is NC(c1ccccc1)N1CCCC1. The number of nitrogens with two attached hydrogens (primary N) is 1. The third kappa shape index (κ3) is 1.90. The largest absolute Gasteiger partial charge is 0.312 e. The summed E-state index contributed by atoms with van der Waals surface area (Å²) in [6, 6.07) is 10.3. The van der Waals surface area contributed by atoms with Gasteiger partial charge in [0.15, 0.2) is 0 Å². The molecule has 1 aromatic rings. The first-order valence-electron chi connectivity index (χ1n) is 4.92. The second kappa shape index (κ2) is 3.90. The van der Waals surface area contributed by atoms with Gasteiger partial charge in [0.2, 0.25) is 0 Å². The Bertz CT molecular complexity index is 252. The molecule has 1 atom stereocenters. The Hall–Kier alpha value is -0.860. The van der Waals surface area contributed by atoms with Crippen molar-refractivity contribution in [3.05, 3.63) is 35.9 Å². The van der Waals surface area contributed by atoms with Crippen LogP contribution in [0, 0.1) is 0 Å². The molecule has 1 aromatic carbocycles. The van der Waals surface area contributed by atoms with Gasteiger partial charge in [-0.1, -0.05) is 30.3 Å². The van der Waals surface area contributed by atoms with Crippen molar-refractivity contribution >= 4 is 0 Å². The molecule has 2 heteroatoms. The summed E-state index contributed by atoms with van der Waals surface area (Å²) >= 11 is 0. The van der Waals surface area contributed by atoms with Crippen LogP contribution >= 0.6 is 0 Å². The Balaban J connectivity index is 2.08. The predicted molar refractivity (Wildman–Crippen MR) is 54.2 cm³/mol. The van der Waals surface area contributed by atoms with E-state index in [1.807, 2.05) is 18.2 Å². The fourth-order valence-electron chi connectivity index (χ4n) is 1.88. The molecule has 2 rings (SSSR count). The number of benzene rings is 1. The van der Waals surface area contributed by atoms with Crippen LogP contribution in [0.2, 0.25) is 0 Å². The first kappa shape index (κ1) is 8.73. The number of rotatable bonds is 2. The Labute approximate surface area is 79.4 Å².